The molecule has 20 heavy (non-hydrogen) atoms. The van der Waals surface area contributed by atoms with E-state index in [0.717, 1.165) is 31.4 Å². The Labute approximate surface area is 116 Å². The summed E-state index contributed by atoms with van der Waals surface area (Å²) in [5.41, 5.74) is -0.449. The number of carbonyl (C=O) groups excluding carboxylic acids is 1. The van der Waals surface area contributed by atoms with Gasteiger partial charge in [0, 0.05) is 23.7 Å². The Hall–Kier alpha value is -1.98. The summed E-state index contributed by atoms with van der Waals surface area (Å²) < 4.78 is 13.6. The Kier molecular flexibility index (Phi) is 4.01. The van der Waals surface area contributed by atoms with E-state index in [2.05, 4.69) is 0 Å². The summed E-state index contributed by atoms with van der Waals surface area (Å²) in [5, 5.41) is 10.6. The number of hydrogen-bond acceptors (Lipinski definition) is 3. The maximum Gasteiger partial charge on any atom is 0.304 e. The van der Waals surface area contributed by atoms with E-state index in [4.69, 9.17) is 0 Å². The Balaban J connectivity index is 2.29. The van der Waals surface area contributed by atoms with Crippen LogP contribution in [0, 0.1) is 15.9 Å². The molecule has 0 N–H and O–H groups in total. The quantitative estimate of drug-likeness (QED) is 0.617. The molecule has 1 aliphatic rings. The first-order valence-electron chi connectivity index (χ1n) is 6.68. The molecule has 0 unspecified atom stereocenters. The molecule has 0 aliphatic carbocycles. The first-order valence-corrected chi connectivity index (χ1v) is 6.68. The molecule has 0 spiro atoms. The van der Waals surface area contributed by atoms with Crippen molar-refractivity contribution in [2.45, 2.75) is 45.2 Å². The van der Waals surface area contributed by atoms with Gasteiger partial charge in [-0.15, -0.1) is 0 Å². The number of halogens is 1. The summed E-state index contributed by atoms with van der Waals surface area (Å²) >= 11 is 0. The van der Waals surface area contributed by atoms with Gasteiger partial charge >= 0.3 is 5.69 Å². The average Bonchev–Trinajstić information content (AvgIpc) is 2.37. The maximum absolute atomic E-state index is 13.6. The zero-order chi connectivity index (χ0) is 14.9. The second-order valence-corrected chi connectivity index (χ2v) is 5.26. The van der Waals surface area contributed by atoms with E-state index in [0.29, 0.717) is 0 Å². The van der Waals surface area contributed by atoms with Gasteiger partial charge in [-0.2, -0.15) is 4.39 Å². The summed E-state index contributed by atoms with van der Waals surface area (Å²) in [6, 6.07) is 3.52. The van der Waals surface area contributed by atoms with Crippen molar-refractivity contribution in [1.82, 2.24) is 4.90 Å². The molecule has 2 atom stereocenters. The molecule has 1 amide bonds. The fourth-order valence-electron chi connectivity index (χ4n) is 2.76. The van der Waals surface area contributed by atoms with Gasteiger partial charge in [-0.25, -0.2) is 0 Å². The van der Waals surface area contributed by atoms with E-state index in [1.165, 1.54) is 6.07 Å². The van der Waals surface area contributed by atoms with Gasteiger partial charge in [0.2, 0.25) is 5.82 Å². The highest BCUT2D eigenvalue weighted by Gasteiger charge is 2.30. The lowest BCUT2D eigenvalue weighted by Gasteiger charge is -2.39. The van der Waals surface area contributed by atoms with Crippen LogP contribution in [0.1, 0.15) is 43.5 Å². The molecule has 1 saturated heterocycles. The highest BCUT2D eigenvalue weighted by atomic mass is 19.1. The van der Waals surface area contributed by atoms with Crippen LogP contribution in [0.5, 0.6) is 0 Å². The van der Waals surface area contributed by atoms with Crippen molar-refractivity contribution >= 4 is 11.6 Å². The standard InChI is InChI=1S/C14H17FN2O3/c1-9-4-3-5-10(2)16(9)14(18)11-6-7-13(17(19)20)12(15)8-11/h6-10H,3-5H2,1-2H3/t9-,10+. The molecule has 1 heterocycles. The third-order valence-electron chi connectivity index (χ3n) is 3.82. The van der Waals surface area contributed by atoms with Crippen LogP contribution in [0.2, 0.25) is 0 Å². The average molecular weight is 280 g/mol. The molecule has 0 radical (unpaired) electrons. The largest absolute Gasteiger partial charge is 0.333 e. The number of benzene rings is 1. The minimum absolute atomic E-state index is 0.101. The van der Waals surface area contributed by atoms with Gasteiger partial charge in [-0.3, -0.25) is 14.9 Å². The summed E-state index contributed by atoms with van der Waals surface area (Å²) in [6.45, 7) is 3.94. The highest BCUT2D eigenvalue weighted by molar-refractivity contribution is 5.95. The van der Waals surface area contributed by atoms with E-state index in [1.807, 2.05) is 13.8 Å². The molecular formula is C14H17FN2O3. The Morgan fingerprint density at radius 1 is 1.35 bits per heavy atom. The number of nitrogens with zero attached hydrogens (tertiary/aromatic N) is 2. The molecule has 5 nitrogen and oxygen atoms in total. The van der Waals surface area contributed by atoms with E-state index >= 15 is 0 Å². The predicted molar refractivity (Wildman–Crippen MR) is 72.0 cm³/mol. The van der Waals surface area contributed by atoms with Crippen molar-refractivity contribution in [3.63, 3.8) is 0 Å². The topological polar surface area (TPSA) is 63.5 Å². The van der Waals surface area contributed by atoms with Crippen LogP contribution in [0.4, 0.5) is 10.1 Å². The SMILES string of the molecule is C[C@@H]1CCC[C@H](C)N1C(=O)c1ccc([N+](=O)[O-])c(F)c1. The molecule has 2 rings (SSSR count). The normalized spacial score (nSPS) is 22.6. The van der Waals surface area contributed by atoms with Gasteiger partial charge < -0.3 is 4.90 Å². The third-order valence-corrected chi connectivity index (χ3v) is 3.82. The summed E-state index contributed by atoms with van der Waals surface area (Å²) in [5.74, 6) is -1.24. The van der Waals surface area contributed by atoms with Crippen LogP contribution in [-0.4, -0.2) is 27.8 Å². The molecule has 1 aromatic carbocycles. The van der Waals surface area contributed by atoms with Gasteiger partial charge in [0.25, 0.3) is 5.91 Å². The fourth-order valence-corrected chi connectivity index (χ4v) is 2.76. The number of piperidine rings is 1. The van der Waals surface area contributed by atoms with Crippen LogP contribution >= 0.6 is 0 Å². The van der Waals surface area contributed by atoms with Crippen molar-refractivity contribution in [1.29, 1.82) is 0 Å². The second-order valence-electron chi connectivity index (χ2n) is 5.26. The van der Waals surface area contributed by atoms with Crippen molar-refractivity contribution in [2.75, 3.05) is 0 Å². The molecule has 0 aromatic heterocycles. The van der Waals surface area contributed by atoms with Crippen LogP contribution in [0.25, 0.3) is 0 Å². The van der Waals surface area contributed by atoms with Crippen molar-refractivity contribution in [3.05, 3.63) is 39.7 Å². The van der Waals surface area contributed by atoms with Gasteiger partial charge in [0.15, 0.2) is 0 Å². The molecule has 1 fully saturated rings. The molecule has 0 bridgehead atoms. The number of amides is 1. The van der Waals surface area contributed by atoms with E-state index in [9.17, 15) is 19.3 Å². The highest BCUT2D eigenvalue weighted by Crippen LogP contribution is 2.26. The van der Waals surface area contributed by atoms with Crippen LogP contribution in [-0.2, 0) is 0 Å². The van der Waals surface area contributed by atoms with E-state index in [-0.39, 0.29) is 23.6 Å². The minimum Gasteiger partial charge on any atom is -0.333 e. The van der Waals surface area contributed by atoms with Crippen molar-refractivity contribution in [2.24, 2.45) is 0 Å². The third kappa shape index (κ3) is 2.64. The summed E-state index contributed by atoms with van der Waals surface area (Å²) in [4.78, 5) is 24.0. The lowest BCUT2D eigenvalue weighted by molar-refractivity contribution is -0.387. The maximum atomic E-state index is 13.6. The number of likely N-dealkylation sites (tertiary alicyclic amines) is 1. The molecule has 108 valence electrons. The van der Waals surface area contributed by atoms with Crippen molar-refractivity contribution < 1.29 is 14.1 Å². The first kappa shape index (κ1) is 14.4. The Morgan fingerprint density at radius 3 is 2.45 bits per heavy atom. The number of carbonyl (C=O) groups is 1. The molecule has 0 saturated carbocycles. The fraction of sp³-hybridized carbons (Fsp3) is 0.500. The first-order chi connectivity index (χ1) is 9.41. The van der Waals surface area contributed by atoms with Crippen LogP contribution < -0.4 is 0 Å². The van der Waals surface area contributed by atoms with E-state index < -0.39 is 16.4 Å². The van der Waals surface area contributed by atoms with Crippen molar-refractivity contribution in [3.8, 4) is 0 Å². The van der Waals surface area contributed by atoms with Gasteiger partial charge in [-0.05, 0) is 45.2 Å². The van der Waals surface area contributed by atoms with Gasteiger partial charge in [-0.1, -0.05) is 0 Å². The van der Waals surface area contributed by atoms with Gasteiger partial charge in [0.1, 0.15) is 0 Å². The lowest BCUT2D eigenvalue weighted by atomic mass is 9.96. The molecule has 1 aliphatic heterocycles. The summed E-state index contributed by atoms with van der Waals surface area (Å²) in [7, 11) is 0. The number of nitro groups is 1. The van der Waals surface area contributed by atoms with E-state index in [1.54, 1.807) is 4.90 Å². The number of nitro benzene ring substituents is 1. The zero-order valence-corrected chi connectivity index (χ0v) is 11.5. The Bertz CT molecular complexity index is 537. The van der Waals surface area contributed by atoms with Crippen LogP contribution in [0.15, 0.2) is 18.2 Å². The van der Waals surface area contributed by atoms with Gasteiger partial charge in [0.05, 0.1) is 4.92 Å². The Morgan fingerprint density at radius 2 is 1.95 bits per heavy atom. The zero-order valence-electron chi connectivity index (χ0n) is 11.5. The lowest BCUT2D eigenvalue weighted by Crippen LogP contribution is -2.47. The molecule has 6 heteroatoms. The minimum atomic E-state index is -0.974. The second kappa shape index (κ2) is 5.56. The monoisotopic (exact) mass is 280 g/mol. The number of hydrogen-bond donors (Lipinski definition) is 0. The number of rotatable bonds is 2. The predicted octanol–water partition coefficient (Wildman–Crippen LogP) is 3.14. The molecule has 1 aromatic rings. The molecular weight excluding hydrogens is 263 g/mol. The summed E-state index contributed by atoms with van der Waals surface area (Å²) in [6.07, 6.45) is 2.91. The van der Waals surface area contributed by atoms with Crippen LogP contribution in [0.3, 0.4) is 0 Å². The smallest absolute Gasteiger partial charge is 0.304 e.